The number of benzene rings is 1. The van der Waals surface area contributed by atoms with E-state index in [1.807, 2.05) is 30.3 Å². The Labute approximate surface area is 166 Å². The van der Waals surface area contributed by atoms with Gasteiger partial charge in [-0.05, 0) is 23.6 Å². The van der Waals surface area contributed by atoms with E-state index < -0.39 is 9.84 Å². The summed E-state index contributed by atoms with van der Waals surface area (Å²) in [5, 5.41) is 6.38. The minimum Gasteiger partial charge on any atom is -0.378 e. The summed E-state index contributed by atoms with van der Waals surface area (Å²) in [4.78, 5) is 15.8. The number of para-hydroxylation sites is 1. The van der Waals surface area contributed by atoms with Gasteiger partial charge in [-0.15, -0.1) is 11.3 Å². The molecule has 0 radical (unpaired) electrons. The molecule has 0 N–H and O–H groups in total. The number of aromatic nitrogens is 2. The van der Waals surface area contributed by atoms with Gasteiger partial charge in [-0.3, -0.25) is 4.79 Å². The molecule has 4 heterocycles. The highest BCUT2D eigenvalue weighted by Gasteiger charge is 2.38. The lowest BCUT2D eigenvalue weighted by Gasteiger charge is -2.26. The Kier molecular flexibility index (Phi) is 4.11. The van der Waals surface area contributed by atoms with Gasteiger partial charge in [-0.2, -0.15) is 5.10 Å². The first kappa shape index (κ1) is 17.6. The zero-order chi connectivity index (χ0) is 19.3. The molecule has 0 saturated carbocycles. The van der Waals surface area contributed by atoms with Crippen LogP contribution >= 0.6 is 11.3 Å². The number of rotatable bonds is 2. The third kappa shape index (κ3) is 2.69. The van der Waals surface area contributed by atoms with Crippen LogP contribution in [0.4, 0.5) is 0 Å². The molecule has 9 heteroatoms. The second-order valence-electron chi connectivity index (χ2n) is 6.70. The van der Waals surface area contributed by atoms with Crippen LogP contribution in [0, 0.1) is 0 Å². The van der Waals surface area contributed by atoms with Gasteiger partial charge in [0.2, 0.25) is 0 Å². The van der Waals surface area contributed by atoms with Gasteiger partial charge in [0.1, 0.15) is 0 Å². The largest absolute Gasteiger partial charge is 0.378 e. The predicted octanol–water partition coefficient (Wildman–Crippen LogP) is 2.36. The van der Waals surface area contributed by atoms with Crippen molar-refractivity contribution in [1.82, 2.24) is 14.7 Å². The van der Waals surface area contributed by atoms with Crippen LogP contribution in [0.3, 0.4) is 0 Å². The molecule has 0 bridgehead atoms. The van der Waals surface area contributed by atoms with Crippen molar-refractivity contribution in [3.8, 4) is 16.3 Å². The Morgan fingerprint density at radius 3 is 2.61 bits per heavy atom. The van der Waals surface area contributed by atoms with Gasteiger partial charge < -0.3 is 9.64 Å². The zero-order valence-electron chi connectivity index (χ0n) is 14.9. The Morgan fingerprint density at radius 1 is 1.11 bits per heavy atom. The van der Waals surface area contributed by atoms with E-state index in [1.165, 1.54) is 11.3 Å². The highest BCUT2D eigenvalue weighted by Crippen LogP contribution is 2.43. The minimum atomic E-state index is -3.51. The molecule has 28 heavy (non-hydrogen) atoms. The molecule has 0 atom stereocenters. The van der Waals surface area contributed by atoms with Gasteiger partial charge in [0, 0.05) is 18.7 Å². The van der Waals surface area contributed by atoms with Gasteiger partial charge in [0.05, 0.1) is 40.1 Å². The molecule has 2 aliphatic rings. The topological polar surface area (TPSA) is 81.5 Å². The number of morpholine rings is 1. The van der Waals surface area contributed by atoms with Crippen LogP contribution in [0.15, 0.2) is 46.7 Å². The summed E-state index contributed by atoms with van der Waals surface area (Å²) in [5.74, 6) is -0.464. The number of fused-ring (bicyclic) bond motifs is 3. The lowest BCUT2D eigenvalue weighted by Crippen LogP contribution is -2.41. The number of hydrogen-bond acceptors (Lipinski definition) is 6. The van der Waals surface area contributed by atoms with Crippen molar-refractivity contribution in [2.75, 3.05) is 26.3 Å². The van der Waals surface area contributed by atoms with Gasteiger partial charge in [-0.25, -0.2) is 13.1 Å². The Hall–Kier alpha value is -2.49. The number of hydrogen-bond donors (Lipinski definition) is 0. The molecule has 3 aromatic rings. The number of carbonyl (C=O) groups excluding carboxylic acids is 1. The second-order valence-corrected chi connectivity index (χ2v) is 9.57. The van der Waals surface area contributed by atoms with Gasteiger partial charge >= 0.3 is 0 Å². The summed E-state index contributed by atoms with van der Waals surface area (Å²) in [7, 11) is -3.51. The molecule has 1 aromatic carbocycles. The van der Waals surface area contributed by atoms with Crippen molar-refractivity contribution >= 4 is 27.1 Å². The van der Waals surface area contributed by atoms with E-state index in [9.17, 15) is 13.2 Å². The van der Waals surface area contributed by atoms with Crippen molar-refractivity contribution in [2.24, 2.45) is 0 Å². The van der Waals surface area contributed by atoms with E-state index in [4.69, 9.17) is 4.74 Å². The molecular weight excluding hydrogens is 398 g/mol. The molecular formula is C19H17N3O4S2. The maximum absolute atomic E-state index is 13.2. The van der Waals surface area contributed by atoms with Crippen molar-refractivity contribution in [2.45, 2.75) is 10.6 Å². The Balaban J connectivity index is 1.74. The van der Waals surface area contributed by atoms with E-state index >= 15 is 0 Å². The molecule has 7 nitrogen and oxygen atoms in total. The van der Waals surface area contributed by atoms with Crippen LogP contribution in [0.1, 0.15) is 16.1 Å². The Bertz CT molecular complexity index is 1160. The van der Waals surface area contributed by atoms with Crippen molar-refractivity contribution in [3.05, 3.63) is 53.0 Å². The van der Waals surface area contributed by atoms with Gasteiger partial charge in [0.15, 0.2) is 15.5 Å². The highest BCUT2D eigenvalue weighted by atomic mass is 32.2. The summed E-state index contributed by atoms with van der Waals surface area (Å²) in [6, 6.07) is 11.1. The fraction of sp³-hybridized carbons (Fsp3) is 0.263. The summed E-state index contributed by atoms with van der Waals surface area (Å²) in [6.07, 6.45) is 0. The fourth-order valence-electron chi connectivity index (χ4n) is 3.65. The van der Waals surface area contributed by atoms with Gasteiger partial charge in [0.25, 0.3) is 5.91 Å². The van der Waals surface area contributed by atoms with Gasteiger partial charge in [-0.1, -0.05) is 18.2 Å². The fourth-order valence-corrected chi connectivity index (χ4v) is 6.57. The van der Waals surface area contributed by atoms with Crippen LogP contribution in [-0.2, 0) is 20.3 Å². The average molecular weight is 415 g/mol. The SMILES string of the molecule is O=C(c1nn(-c2ccccc2)c2c1CS(=O)(=O)c1ccsc1-2)N1CCOCC1. The maximum Gasteiger partial charge on any atom is 0.274 e. The monoisotopic (exact) mass is 415 g/mol. The molecule has 0 aliphatic carbocycles. The normalized spacial score (nSPS) is 17.8. The molecule has 5 rings (SSSR count). The number of carbonyl (C=O) groups is 1. The molecule has 144 valence electrons. The van der Waals surface area contributed by atoms with Crippen LogP contribution in [-0.4, -0.2) is 55.3 Å². The first-order valence-electron chi connectivity index (χ1n) is 8.91. The van der Waals surface area contributed by atoms with E-state index in [2.05, 4.69) is 5.10 Å². The van der Waals surface area contributed by atoms with E-state index in [0.717, 1.165) is 5.69 Å². The third-order valence-corrected chi connectivity index (χ3v) is 7.73. The molecule has 2 aromatic heterocycles. The predicted molar refractivity (Wildman–Crippen MR) is 104 cm³/mol. The summed E-state index contributed by atoms with van der Waals surface area (Å²) < 4.78 is 32.7. The number of sulfone groups is 1. The second kappa shape index (κ2) is 6.54. The number of amides is 1. The summed E-state index contributed by atoms with van der Waals surface area (Å²) in [5.41, 5.74) is 2.18. The standard InChI is InChI=1S/C19H17N3O4S2/c23-19(21-7-9-26-10-8-21)16-14-12-28(24,25)15-6-11-27-18(15)17(14)22(20-16)13-4-2-1-3-5-13/h1-6,11H,7-10,12H2. The number of ether oxygens (including phenoxy) is 1. The molecule has 0 unspecified atom stereocenters. The molecule has 2 aliphatic heterocycles. The first-order valence-corrected chi connectivity index (χ1v) is 11.4. The van der Waals surface area contributed by atoms with Crippen molar-refractivity contribution < 1.29 is 17.9 Å². The average Bonchev–Trinajstić information content (AvgIpc) is 3.34. The summed E-state index contributed by atoms with van der Waals surface area (Å²) >= 11 is 1.35. The van der Waals surface area contributed by atoms with Crippen molar-refractivity contribution in [3.63, 3.8) is 0 Å². The van der Waals surface area contributed by atoms with Crippen LogP contribution < -0.4 is 0 Å². The van der Waals surface area contributed by atoms with E-state index in [-0.39, 0.29) is 17.4 Å². The van der Waals surface area contributed by atoms with Crippen LogP contribution in [0.2, 0.25) is 0 Å². The van der Waals surface area contributed by atoms with E-state index in [1.54, 1.807) is 21.0 Å². The van der Waals surface area contributed by atoms with Crippen LogP contribution in [0.5, 0.6) is 0 Å². The lowest BCUT2D eigenvalue weighted by molar-refractivity contribution is 0.0298. The number of nitrogens with zero attached hydrogens (tertiary/aromatic N) is 3. The number of thiophene rings is 1. The smallest absolute Gasteiger partial charge is 0.274 e. The zero-order valence-corrected chi connectivity index (χ0v) is 16.5. The minimum absolute atomic E-state index is 0.211. The maximum atomic E-state index is 13.2. The Morgan fingerprint density at radius 2 is 1.86 bits per heavy atom. The first-order chi connectivity index (χ1) is 13.6. The summed E-state index contributed by atoms with van der Waals surface area (Å²) in [6.45, 7) is 1.90. The van der Waals surface area contributed by atoms with Crippen molar-refractivity contribution in [1.29, 1.82) is 0 Å². The molecule has 0 spiro atoms. The molecule has 1 amide bonds. The lowest BCUT2D eigenvalue weighted by atomic mass is 10.1. The van der Waals surface area contributed by atoms with E-state index in [0.29, 0.717) is 47.3 Å². The molecule has 1 fully saturated rings. The quantitative estimate of drug-likeness (QED) is 0.642. The molecule has 1 saturated heterocycles. The van der Waals surface area contributed by atoms with Crippen LogP contribution in [0.25, 0.3) is 16.3 Å². The third-order valence-electron chi connectivity index (χ3n) is 5.00. The highest BCUT2D eigenvalue weighted by molar-refractivity contribution is 7.91.